The fraction of sp³-hybridized carbons (Fsp3) is 0.400. The van der Waals surface area contributed by atoms with E-state index in [1.165, 1.54) is 32.1 Å². The van der Waals surface area contributed by atoms with Gasteiger partial charge in [-0.15, -0.1) is 0 Å². The third kappa shape index (κ3) is 2.68. The van der Waals surface area contributed by atoms with Gasteiger partial charge >= 0.3 is 0 Å². The summed E-state index contributed by atoms with van der Waals surface area (Å²) in [4.78, 5) is 0. The Kier molecular flexibility index (Phi) is 3.60. The Morgan fingerprint density at radius 1 is 1.11 bits per heavy atom. The second-order valence-electron chi connectivity index (χ2n) is 5.23. The van der Waals surface area contributed by atoms with Crippen LogP contribution in [-0.4, -0.2) is 9.78 Å². The topological polar surface area (TPSA) is 43.8 Å². The predicted octanol–water partition coefficient (Wildman–Crippen LogP) is 4.26. The Balaban J connectivity index is 1.90. The van der Waals surface area contributed by atoms with Crippen LogP contribution in [0.25, 0.3) is 5.69 Å². The van der Waals surface area contributed by atoms with Gasteiger partial charge in [0.2, 0.25) is 0 Å². The molecule has 1 saturated carbocycles. The first-order valence-corrected chi connectivity index (χ1v) is 7.64. The maximum Gasteiger partial charge on any atom is 0.0889 e. The van der Waals surface area contributed by atoms with Crippen LogP contribution < -0.4 is 5.73 Å². The van der Waals surface area contributed by atoms with Gasteiger partial charge in [0.05, 0.1) is 23.3 Å². The average Bonchev–Trinajstić information content (AvgIpc) is 2.83. The lowest BCUT2D eigenvalue weighted by atomic mass is 9.86. The van der Waals surface area contributed by atoms with Crippen LogP contribution in [0.3, 0.4) is 0 Å². The number of rotatable bonds is 2. The molecule has 0 amide bonds. The van der Waals surface area contributed by atoms with Gasteiger partial charge in [0.15, 0.2) is 0 Å². The maximum absolute atomic E-state index is 6.15. The number of nitrogens with two attached hydrogens (primary N) is 1. The van der Waals surface area contributed by atoms with Crippen molar-refractivity contribution in [3.05, 3.63) is 40.6 Å². The maximum atomic E-state index is 6.15. The predicted molar refractivity (Wildman–Crippen MR) is 81.5 cm³/mol. The monoisotopic (exact) mass is 319 g/mol. The quantitative estimate of drug-likeness (QED) is 0.898. The molecule has 0 radical (unpaired) electrons. The number of anilines is 1. The largest absolute Gasteiger partial charge is 0.396 e. The van der Waals surface area contributed by atoms with Gasteiger partial charge in [-0.05, 0) is 37.1 Å². The smallest absolute Gasteiger partial charge is 0.0889 e. The van der Waals surface area contributed by atoms with E-state index in [9.17, 15) is 0 Å². The lowest BCUT2D eigenvalue weighted by Crippen LogP contribution is -2.07. The lowest BCUT2D eigenvalue weighted by Gasteiger charge is -2.20. The molecule has 2 N–H and O–H groups in total. The van der Waals surface area contributed by atoms with E-state index >= 15 is 0 Å². The molecule has 0 atom stereocenters. The first-order valence-electron chi connectivity index (χ1n) is 6.85. The second kappa shape index (κ2) is 5.37. The van der Waals surface area contributed by atoms with Crippen LogP contribution in [0.15, 0.2) is 34.9 Å². The van der Waals surface area contributed by atoms with Gasteiger partial charge in [-0.25, -0.2) is 4.68 Å². The van der Waals surface area contributed by atoms with Gasteiger partial charge in [-0.1, -0.05) is 35.2 Å². The molecular formula is C15H18BrN3. The van der Waals surface area contributed by atoms with Crippen LogP contribution in [-0.2, 0) is 0 Å². The van der Waals surface area contributed by atoms with Crippen LogP contribution >= 0.6 is 15.9 Å². The zero-order chi connectivity index (χ0) is 13.2. The molecule has 1 aromatic carbocycles. The second-order valence-corrected chi connectivity index (χ2v) is 6.14. The summed E-state index contributed by atoms with van der Waals surface area (Å²) in [5.74, 6) is 0.547. The van der Waals surface area contributed by atoms with Crippen molar-refractivity contribution in [1.82, 2.24) is 9.78 Å². The summed E-state index contributed by atoms with van der Waals surface area (Å²) in [7, 11) is 0. The third-order valence-electron chi connectivity index (χ3n) is 3.86. The van der Waals surface area contributed by atoms with Gasteiger partial charge in [0.25, 0.3) is 0 Å². The zero-order valence-corrected chi connectivity index (χ0v) is 12.4. The highest BCUT2D eigenvalue weighted by atomic mass is 79.9. The number of benzene rings is 1. The Bertz CT molecular complexity index is 553. The number of aromatic nitrogens is 2. The van der Waals surface area contributed by atoms with E-state index in [2.05, 4.69) is 15.9 Å². The van der Waals surface area contributed by atoms with E-state index in [4.69, 9.17) is 10.8 Å². The zero-order valence-electron chi connectivity index (χ0n) is 10.8. The standard InChI is InChI=1S/C15H18BrN3/c16-12-6-8-13(9-7-12)19-10-14(17)15(18-19)11-4-2-1-3-5-11/h6-11H,1-5,17H2. The number of hydrogen-bond acceptors (Lipinski definition) is 2. The van der Waals surface area contributed by atoms with Crippen LogP contribution in [0.2, 0.25) is 0 Å². The van der Waals surface area contributed by atoms with E-state index in [1.54, 1.807) is 0 Å². The molecule has 19 heavy (non-hydrogen) atoms. The van der Waals surface area contributed by atoms with Crippen LogP contribution in [0.1, 0.15) is 43.7 Å². The third-order valence-corrected chi connectivity index (χ3v) is 4.38. The summed E-state index contributed by atoms with van der Waals surface area (Å²) >= 11 is 3.45. The Hall–Kier alpha value is -1.29. The van der Waals surface area contributed by atoms with Crippen LogP contribution in [0, 0.1) is 0 Å². The van der Waals surface area contributed by atoms with Crippen molar-refractivity contribution in [1.29, 1.82) is 0 Å². The van der Waals surface area contributed by atoms with Gasteiger partial charge < -0.3 is 5.73 Å². The molecule has 1 fully saturated rings. The van der Waals surface area contributed by atoms with Gasteiger partial charge in [0, 0.05) is 10.4 Å². The van der Waals surface area contributed by atoms with Gasteiger partial charge in [0.1, 0.15) is 0 Å². The Morgan fingerprint density at radius 3 is 2.47 bits per heavy atom. The highest BCUT2D eigenvalue weighted by molar-refractivity contribution is 9.10. The van der Waals surface area contributed by atoms with Crippen molar-refractivity contribution in [3.63, 3.8) is 0 Å². The van der Waals surface area contributed by atoms with Gasteiger partial charge in [-0.3, -0.25) is 0 Å². The minimum atomic E-state index is 0.547. The average molecular weight is 320 g/mol. The van der Waals surface area contributed by atoms with Crippen molar-refractivity contribution in [2.24, 2.45) is 0 Å². The van der Waals surface area contributed by atoms with E-state index in [0.717, 1.165) is 21.5 Å². The van der Waals surface area contributed by atoms with E-state index < -0.39 is 0 Å². The summed E-state index contributed by atoms with van der Waals surface area (Å²) < 4.78 is 2.97. The summed E-state index contributed by atoms with van der Waals surface area (Å²) in [6.07, 6.45) is 8.34. The van der Waals surface area contributed by atoms with Crippen molar-refractivity contribution in [3.8, 4) is 5.69 Å². The number of hydrogen-bond donors (Lipinski definition) is 1. The molecule has 1 heterocycles. The highest BCUT2D eigenvalue weighted by Crippen LogP contribution is 2.34. The molecule has 4 heteroatoms. The molecule has 1 aromatic heterocycles. The molecule has 1 aliphatic rings. The minimum Gasteiger partial charge on any atom is -0.396 e. The number of halogens is 1. The fourth-order valence-corrected chi connectivity index (χ4v) is 3.08. The molecule has 3 rings (SSSR count). The van der Waals surface area contributed by atoms with Crippen molar-refractivity contribution in [2.45, 2.75) is 38.0 Å². The van der Waals surface area contributed by atoms with Crippen LogP contribution in [0.4, 0.5) is 5.69 Å². The molecule has 0 spiro atoms. The van der Waals surface area contributed by atoms with Crippen molar-refractivity contribution in [2.75, 3.05) is 5.73 Å². The number of nitrogen functional groups attached to an aromatic ring is 1. The molecule has 0 unspecified atom stereocenters. The molecule has 2 aromatic rings. The molecule has 0 bridgehead atoms. The van der Waals surface area contributed by atoms with E-state index in [1.807, 2.05) is 35.1 Å². The fourth-order valence-electron chi connectivity index (χ4n) is 2.82. The van der Waals surface area contributed by atoms with E-state index in [0.29, 0.717) is 5.92 Å². The summed E-state index contributed by atoms with van der Waals surface area (Å²) in [6, 6.07) is 8.13. The molecule has 3 nitrogen and oxygen atoms in total. The molecular weight excluding hydrogens is 302 g/mol. The first-order chi connectivity index (χ1) is 9.24. The van der Waals surface area contributed by atoms with Crippen molar-refractivity contribution < 1.29 is 0 Å². The SMILES string of the molecule is Nc1cn(-c2ccc(Br)cc2)nc1C1CCCCC1. The lowest BCUT2D eigenvalue weighted by molar-refractivity contribution is 0.435. The van der Waals surface area contributed by atoms with Crippen molar-refractivity contribution >= 4 is 21.6 Å². The molecule has 0 aliphatic heterocycles. The Labute approximate surface area is 121 Å². The molecule has 100 valence electrons. The summed E-state index contributed by atoms with van der Waals surface area (Å²) in [5.41, 5.74) is 9.11. The summed E-state index contributed by atoms with van der Waals surface area (Å²) in [6.45, 7) is 0. The number of nitrogens with zero attached hydrogens (tertiary/aromatic N) is 2. The minimum absolute atomic E-state index is 0.547. The Morgan fingerprint density at radius 2 is 1.79 bits per heavy atom. The first kappa shape index (κ1) is 12.7. The summed E-state index contributed by atoms with van der Waals surface area (Å²) in [5, 5.41) is 4.71. The van der Waals surface area contributed by atoms with E-state index in [-0.39, 0.29) is 0 Å². The highest BCUT2D eigenvalue weighted by Gasteiger charge is 2.21. The normalized spacial score (nSPS) is 16.7. The van der Waals surface area contributed by atoms with Gasteiger partial charge in [-0.2, -0.15) is 5.10 Å². The van der Waals surface area contributed by atoms with Crippen LogP contribution in [0.5, 0.6) is 0 Å². The molecule has 1 aliphatic carbocycles. The molecule has 0 saturated heterocycles.